The molecule has 1 amide bonds. The van der Waals surface area contributed by atoms with Gasteiger partial charge in [0.25, 0.3) is 0 Å². The molecule has 0 aliphatic heterocycles. The quantitative estimate of drug-likeness (QED) is 0.924. The van der Waals surface area contributed by atoms with E-state index in [1.165, 1.54) is 4.90 Å². The number of carboxylic acid groups (broad SMARTS) is 1. The summed E-state index contributed by atoms with van der Waals surface area (Å²) in [5.74, 6) is -1.36. The summed E-state index contributed by atoms with van der Waals surface area (Å²) in [4.78, 5) is 24.6. The number of anilines is 1. The Morgan fingerprint density at radius 3 is 2.38 bits per heavy atom. The van der Waals surface area contributed by atoms with Crippen LogP contribution in [0.3, 0.4) is 0 Å². The number of carbonyl (C=O) groups is 2. The van der Waals surface area contributed by atoms with Gasteiger partial charge < -0.3 is 10.0 Å². The van der Waals surface area contributed by atoms with E-state index in [-0.39, 0.29) is 12.3 Å². The molecule has 21 heavy (non-hydrogen) atoms. The molecular formula is C16H14ClNO3. The maximum atomic E-state index is 12.4. The average Bonchev–Trinajstić information content (AvgIpc) is 2.45. The van der Waals surface area contributed by atoms with E-state index in [1.54, 1.807) is 24.3 Å². The molecule has 5 heteroatoms. The zero-order valence-electron chi connectivity index (χ0n) is 11.2. The summed E-state index contributed by atoms with van der Waals surface area (Å²) in [6.07, 6.45) is 0.140. The van der Waals surface area contributed by atoms with Crippen LogP contribution < -0.4 is 4.90 Å². The van der Waals surface area contributed by atoms with Crippen molar-refractivity contribution in [2.75, 3.05) is 11.4 Å². The first-order valence-electron chi connectivity index (χ1n) is 6.38. The number of nitrogens with zero attached hydrogens (tertiary/aromatic N) is 1. The molecule has 0 aliphatic carbocycles. The minimum Gasteiger partial charge on any atom is -0.480 e. The van der Waals surface area contributed by atoms with E-state index >= 15 is 0 Å². The number of carboxylic acids is 1. The molecule has 0 aromatic heterocycles. The lowest BCUT2D eigenvalue weighted by Crippen LogP contribution is -2.36. The summed E-state index contributed by atoms with van der Waals surface area (Å²) in [7, 11) is 0. The van der Waals surface area contributed by atoms with Crippen LogP contribution in [0.2, 0.25) is 5.02 Å². The van der Waals surface area contributed by atoms with Gasteiger partial charge in [0.15, 0.2) is 0 Å². The van der Waals surface area contributed by atoms with Gasteiger partial charge in [0.2, 0.25) is 5.91 Å². The predicted octanol–water partition coefficient (Wildman–Crippen LogP) is 3.00. The maximum Gasteiger partial charge on any atom is 0.323 e. The standard InChI is InChI=1S/C16H14ClNO3/c17-13-7-4-8-14(10-13)18(11-16(20)21)15(19)9-12-5-2-1-3-6-12/h1-8,10H,9,11H2,(H,20,21). The van der Waals surface area contributed by atoms with Crippen molar-refractivity contribution in [3.63, 3.8) is 0 Å². The fraction of sp³-hybridized carbons (Fsp3) is 0.125. The van der Waals surface area contributed by atoms with Crippen molar-refractivity contribution >= 4 is 29.2 Å². The molecule has 0 fully saturated rings. The fourth-order valence-electron chi connectivity index (χ4n) is 1.97. The number of benzene rings is 2. The Balaban J connectivity index is 2.23. The molecule has 2 rings (SSSR count). The SMILES string of the molecule is O=C(O)CN(C(=O)Cc1ccccc1)c1cccc(Cl)c1. The Hall–Kier alpha value is -2.33. The van der Waals surface area contributed by atoms with Gasteiger partial charge in [-0.05, 0) is 23.8 Å². The van der Waals surface area contributed by atoms with Crippen LogP contribution in [-0.4, -0.2) is 23.5 Å². The first kappa shape index (κ1) is 15.1. The number of amides is 1. The van der Waals surface area contributed by atoms with E-state index < -0.39 is 12.5 Å². The molecule has 0 spiro atoms. The summed E-state index contributed by atoms with van der Waals surface area (Å²) in [5, 5.41) is 9.46. The van der Waals surface area contributed by atoms with Gasteiger partial charge in [-0.25, -0.2) is 0 Å². The van der Waals surface area contributed by atoms with Crippen LogP contribution in [0.15, 0.2) is 54.6 Å². The van der Waals surface area contributed by atoms with Crippen LogP contribution in [0.1, 0.15) is 5.56 Å². The van der Waals surface area contributed by atoms with Gasteiger partial charge in [0.05, 0.1) is 6.42 Å². The zero-order chi connectivity index (χ0) is 15.2. The van der Waals surface area contributed by atoms with Gasteiger partial charge in [0, 0.05) is 10.7 Å². The number of hydrogen-bond acceptors (Lipinski definition) is 2. The van der Waals surface area contributed by atoms with Crippen LogP contribution in [0, 0.1) is 0 Å². The molecule has 0 aliphatic rings. The van der Waals surface area contributed by atoms with Gasteiger partial charge >= 0.3 is 5.97 Å². The summed E-state index contributed by atoms with van der Waals surface area (Å²) < 4.78 is 0. The normalized spacial score (nSPS) is 10.1. The minimum absolute atomic E-state index is 0.140. The number of rotatable bonds is 5. The zero-order valence-corrected chi connectivity index (χ0v) is 12.0. The van der Waals surface area contributed by atoms with E-state index in [9.17, 15) is 9.59 Å². The summed E-state index contributed by atoms with van der Waals surface area (Å²) >= 11 is 5.90. The Kier molecular flexibility index (Phi) is 4.95. The van der Waals surface area contributed by atoms with E-state index in [1.807, 2.05) is 30.3 Å². The van der Waals surface area contributed by atoms with Crippen LogP contribution >= 0.6 is 11.6 Å². The molecule has 2 aromatic rings. The van der Waals surface area contributed by atoms with E-state index in [0.717, 1.165) is 5.56 Å². The van der Waals surface area contributed by atoms with E-state index in [0.29, 0.717) is 10.7 Å². The summed E-state index contributed by atoms with van der Waals surface area (Å²) in [6.45, 7) is -0.397. The Morgan fingerprint density at radius 1 is 1.05 bits per heavy atom. The fourth-order valence-corrected chi connectivity index (χ4v) is 2.15. The topological polar surface area (TPSA) is 57.6 Å². The number of hydrogen-bond donors (Lipinski definition) is 1. The third-order valence-electron chi connectivity index (χ3n) is 2.91. The van der Waals surface area contributed by atoms with Crippen molar-refractivity contribution in [3.8, 4) is 0 Å². The maximum absolute atomic E-state index is 12.4. The Bertz CT molecular complexity index is 643. The molecule has 0 heterocycles. The second-order valence-corrected chi connectivity index (χ2v) is 4.95. The van der Waals surface area contributed by atoms with E-state index in [4.69, 9.17) is 16.7 Å². The van der Waals surface area contributed by atoms with Crippen molar-refractivity contribution in [1.29, 1.82) is 0 Å². The van der Waals surface area contributed by atoms with Crippen LogP contribution in [0.25, 0.3) is 0 Å². The number of carbonyl (C=O) groups excluding carboxylic acids is 1. The molecule has 0 atom stereocenters. The molecule has 2 aromatic carbocycles. The van der Waals surface area contributed by atoms with Crippen molar-refractivity contribution in [2.24, 2.45) is 0 Å². The van der Waals surface area contributed by atoms with Gasteiger partial charge in [-0.2, -0.15) is 0 Å². The largest absolute Gasteiger partial charge is 0.480 e. The summed E-state index contributed by atoms with van der Waals surface area (Å²) in [5.41, 5.74) is 1.31. The number of halogens is 1. The van der Waals surface area contributed by atoms with Gasteiger partial charge in [-0.3, -0.25) is 9.59 Å². The molecule has 4 nitrogen and oxygen atoms in total. The van der Waals surface area contributed by atoms with Gasteiger partial charge in [0.1, 0.15) is 6.54 Å². The Morgan fingerprint density at radius 2 is 1.76 bits per heavy atom. The summed E-state index contributed by atoms with van der Waals surface area (Å²) in [6, 6.07) is 15.8. The number of aliphatic carboxylic acids is 1. The smallest absolute Gasteiger partial charge is 0.323 e. The third-order valence-corrected chi connectivity index (χ3v) is 3.15. The van der Waals surface area contributed by atoms with Crippen molar-refractivity contribution in [1.82, 2.24) is 0 Å². The lowest BCUT2D eigenvalue weighted by molar-refractivity contribution is -0.136. The van der Waals surface area contributed by atoms with Gasteiger partial charge in [-0.15, -0.1) is 0 Å². The lowest BCUT2D eigenvalue weighted by Gasteiger charge is -2.21. The molecule has 108 valence electrons. The molecular weight excluding hydrogens is 290 g/mol. The third kappa shape index (κ3) is 4.33. The molecule has 0 bridgehead atoms. The van der Waals surface area contributed by atoms with Crippen LogP contribution in [0.5, 0.6) is 0 Å². The Labute approximate surface area is 127 Å². The molecule has 1 N–H and O–H groups in total. The average molecular weight is 304 g/mol. The minimum atomic E-state index is -1.07. The molecule has 0 saturated carbocycles. The highest BCUT2D eigenvalue weighted by molar-refractivity contribution is 6.30. The molecule has 0 radical (unpaired) electrons. The van der Waals surface area contributed by atoms with Crippen molar-refractivity contribution in [2.45, 2.75) is 6.42 Å². The molecule has 0 saturated heterocycles. The highest BCUT2D eigenvalue weighted by Crippen LogP contribution is 2.20. The first-order chi connectivity index (χ1) is 10.1. The second-order valence-electron chi connectivity index (χ2n) is 4.52. The lowest BCUT2D eigenvalue weighted by atomic mass is 10.1. The molecule has 0 unspecified atom stereocenters. The highest BCUT2D eigenvalue weighted by atomic mass is 35.5. The first-order valence-corrected chi connectivity index (χ1v) is 6.75. The predicted molar refractivity (Wildman–Crippen MR) is 81.6 cm³/mol. The van der Waals surface area contributed by atoms with Crippen LogP contribution in [0.4, 0.5) is 5.69 Å². The van der Waals surface area contributed by atoms with Gasteiger partial charge in [-0.1, -0.05) is 48.0 Å². The highest BCUT2D eigenvalue weighted by Gasteiger charge is 2.19. The van der Waals surface area contributed by atoms with E-state index in [2.05, 4.69) is 0 Å². The van der Waals surface area contributed by atoms with Crippen molar-refractivity contribution in [3.05, 3.63) is 65.2 Å². The van der Waals surface area contributed by atoms with Crippen LogP contribution in [-0.2, 0) is 16.0 Å². The monoisotopic (exact) mass is 303 g/mol. The second kappa shape index (κ2) is 6.90. The van der Waals surface area contributed by atoms with Crippen molar-refractivity contribution < 1.29 is 14.7 Å².